The molecule has 0 bridgehead atoms. The summed E-state index contributed by atoms with van der Waals surface area (Å²) in [7, 11) is 0. The van der Waals surface area contributed by atoms with Gasteiger partial charge in [-0.2, -0.15) is 0 Å². The summed E-state index contributed by atoms with van der Waals surface area (Å²) in [6.45, 7) is 2.28. The Morgan fingerprint density at radius 3 is 2.77 bits per heavy atom. The van der Waals surface area contributed by atoms with Crippen LogP contribution in [-0.2, 0) is 13.0 Å². The second kappa shape index (κ2) is 9.14. The molecule has 6 heteroatoms. The Morgan fingerprint density at radius 2 is 1.94 bits per heavy atom. The van der Waals surface area contributed by atoms with E-state index < -0.39 is 0 Å². The number of benzene rings is 1. The molecule has 0 atom stereocenters. The van der Waals surface area contributed by atoms with Crippen molar-refractivity contribution in [2.24, 2.45) is 5.92 Å². The molecule has 0 amide bonds. The molecule has 0 radical (unpaired) electrons. The number of likely N-dealkylation sites (tertiary alicyclic amines) is 1. The van der Waals surface area contributed by atoms with Crippen LogP contribution in [0.4, 0.5) is 4.39 Å². The molecular formula is C29H27ClFN3O. The number of phenols is 1. The topological polar surface area (TPSA) is 40.8 Å². The van der Waals surface area contributed by atoms with E-state index in [0.717, 1.165) is 72.2 Å². The van der Waals surface area contributed by atoms with Crippen molar-refractivity contribution in [2.45, 2.75) is 25.8 Å². The van der Waals surface area contributed by atoms with E-state index in [0.29, 0.717) is 10.8 Å². The van der Waals surface area contributed by atoms with Crippen molar-refractivity contribution in [3.63, 3.8) is 0 Å². The van der Waals surface area contributed by atoms with Crippen molar-refractivity contribution in [3.8, 4) is 5.75 Å². The summed E-state index contributed by atoms with van der Waals surface area (Å²) in [5.41, 5.74) is 9.14. The molecule has 0 unspecified atom stereocenters. The van der Waals surface area contributed by atoms with E-state index in [2.05, 4.69) is 44.9 Å². The summed E-state index contributed by atoms with van der Waals surface area (Å²) in [6, 6.07) is 14.3. The first-order valence-electron chi connectivity index (χ1n) is 12.1. The maximum atomic E-state index is 12.8. The summed E-state index contributed by atoms with van der Waals surface area (Å²) < 4.78 is 15.0. The molecule has 0 spiro atoms. The molecule has 2 aliphatic rings. The molecule has 3 aromatic heterocycles. The number of pyridine rings is 2. The Hall–Kier alpha value is -3.15. The van der Waals surface area contributed by atoms with Gasteiger partial charge >= 0.3 is 0 Å². The van der Waals surface area contributed by atoms with Crippen molar-refractivity contribution in [2.75, 3.05) is 19.8 Å². The van der Waals surface area contributed by atoms with E-state index in [1.165, 1.54) is 11.1 Å². The molecule has 1 saturated heterocycles. The molecule has 1 aromatic carbocycles. The van der Waals surface area contributed by atoms with Gasteiger partial charge in [-0.1, -0.05) is 17.7 Å². The molecule has 0 saturated carbocycles. The largest absolute Gasteiger partial charge is 0.508 e. The zero-order valence-electron chi connectivity index (χ0n) is 19.4. The Kier molecular flexibility index (Phi) is 5.83. The Balaban J connectivity index is 1.46. The first kappa shape index (κ1) is 22.3. The predicted molar refractivity (Wildman–Crippen MR) is 138 cm³/mol. The van der Waals surface area contributed by atoms with Crippen LogP contribution in [0.15, 0.2) is 67.3 Å². The van der Waals surface area contributed by atoms with Gasteiger partial charge in [-0.25, -0.2) is 0 Å². The first-order valence-corrected chi connectivity index (χ1v) is 12.5. The van der Waals surface area contributed by atoms with Gasteiger partial charge in [-0.05, 0) is 94.6 Å². The number of allylic oxidation sites excluding steroid dienone is 1. The van der Waals surface area contributed by atoms with Crippen LogP contribution in [0.25, 0.3) is 16.7 Å². The van der Waals surface area contributed by atoms with E-state index in [-0.39, 0.29) is 12.6 Å². The number of rotatable bonds is 5. The fourth-order valence-corrected chi connectivity index (χ4v) is 5.80. The SMILES string of the molecule is Oc1ccc2c(c1)CCCC(c1ccncc1Cl)=C2c1ccn2cc(CN3CC(CF)C3)cc2c1. The normalized spacial score (nSPS) is 16.9. The van der Waals surface area contributed by atoms with E-state index in [9.17, 15) is 9.50 Å². The number of fused-ring (bicyclic) bond motifs is 2. The standard InChI is InChI=1S/C29H27ClFN3O/c30-28-14-32-8-6-26(28)27-3-1-2-21-12-24(35)4-5-25(21)29(27)22-7-9-34-18-19(10-23(34)11-22)15-33-16-20(13-31)17-33/h4-12,14,18,20,35H,1-3,13,15-17H2. The molecule has 4 heterocycles. The van der Waals surface area contributed by atoms with Crippen LogP contribution >= 0.6 is 11.6 Å². The monoisotopic (exact) mass is 487 g/mol. The van der Waals surface area contributed by atoms with Crippen LogP contribution in [0.3, 0.4) is 0 Å². The molecule has 35 heavy (non-hydrogen) atoms. The lowest BCUT2D eigenvalue weighted by atomic mass is 9.88. The summed E-state index contributed by atoms with van der Waals surface area (Å²) in [5, 5.41) is 10.8. The number of aromatic nitrogens is 2. The second-order valence-corrected chi connectivity index (χ2v) is 10.1. The molecule has 178 valence electrons. The number of nitrogens with zero attached hydrogens (tertiary/aromatic N) is 3. The number of halogens is 2. The third-order valence-corrected chi connectivity index (χ3v) is 7.53. The van der Waals surface area contributed by atoms with Crippen molar-refractivity contribution < 1.29 is 9.50 Å². The van der Waals surface area contributed by atoms with Crippen LogP contribution in [0.5, 0.6) is 5.75 Å². The van der Waals surface area contributed by atoms with Gasteiger partial charge in [-0.15, -0.1) is 0 Å². The highest BCUT2D eigenvalue weighted by Gasteiger charge is 2.27. The molecular weight excluding hydrogens is 461 g/mol. The highest BCUT2D eigenvalue weighted by molar-refractivity contribution is 6.32. The number of aromatic hydroxyl groups is 1. The van der Waals surface area contributed by atoms with E-state index in [1.54, 1.807) is 18.5 Å². The maximum Gasteiger partial charge on any atom is 0.115 e. The second-order valence-electron chi connectivity index (χ2n) is 9.71. The van der Waals surface area contributed by atoms with Crippen molar-refractivity contribution >= 4 is 28.3 Å². The van der Waals surface area contributed by atoms with Gasteiger partial charge in [0.2, 0.25) is 0 Å². The summed E-state index contributed by atoms with van der Waals surface area (Å²) in [5.74, 6) is 0.486. The maximum absolute atomic E-state index is 12.8. The lowest BCUT2D eigenvalue weighted by molar-refractivity contribution is 0.0738. The number of hydrogen-bond donors (Lipinski definition) is 1. The highest BCUT2D eigenvalue weighted by atomic mass is 35.5. The summed E-state index contributed by atoms with van der Waals surface area (Å²) in [6.07, 6.45) is 10.5. The third kappa shape index (κ3) is 4.24. The Morgan fingerprint density at radius 1 is 1.06 bits per heavy atom. The first-order chi connectivity index (χ1) is 17.1. The Labute approximate surface area is 209 Å². The summed E-state index contributed by atoms with van der Waals surface area (Å²) >= 11 is 6.63. The minimum atomic E-state index is -0.226. The van der Waals surface area contributed by atoms with Crippen LogP contribution in [-0.4, -0.2) is 39.2 Å². The molecule has 1 N–H and O–H groups in total. The quantitative estimate of drug-likeness (QED) is 0.354. The fraction of sp³-hybridized carbons (Fsp3) is 0.276. The van der Waals surface area contributed by atoms with Gasteiger partial charge in [0.1, 0.15) is 5.75 Å². The van der Waals surface area contributed by atoms with Crippen molar-refractivity contribution in [1.29, 1.82) is 0 Å². The van der Waals surface area contributed by atoms with Crippen LogP contribution in [0.2, 0.25) is 5.02 Å². The van der Waals surface area contributed by atoms with Gasteiger partial charge in [0.15, 0.2) is 0 Å². The predicted octanol–water partition coefficient (Wildman–Crippen LogP) is 6.39. The molecule has 1 aliphatic heterocycles. The number of alkyl halides is 1. The highest BCUT2D eigenvalue weighted by Crippen LogP contribution is 2.42. The average Bonchev–Trinajstić information content (AvgIpc) is 3.14. The van der Waals surface area contributed by atoms with Gasteiger partial charge in [0, 0.05) is 55.9 Å². The van der Waals surface area contributed by atoms with E-state index in [1.807, 2.05) is 18.2 Å². The third-order valence-electron chi connectivity index (χ3n) is 7.23. The van der Waals surface area contributed by atoms with Crippen LogP contribution in [0, 0.1) is 5.92 Å². The molecule has 6 rings (SSSR count). The smallest absolute Gasteiger partial charge is 0.115 e. The molecule has 4 aromatic rings. The lowest BCUT2D eigenvalue weighted by Crippen LogP contribution is -2.46. The molecule has 1 aliphatic carbocycles. The van der Waals surface area contributed by atoms with Gasteiger partial charge in [0.25, 0.3) is 0 Å². The van der Waals surface area contributed by atoms with Gasteiger partial charge < -0.3 is 9.51 Å². The number of hydrogen-bond acceptors (Lipinski definition) is 3. The fourth-order valence-electron chi connectivity index (χ4n) is 5.56. The number of aryl methyl sites for hydroxylation is 1. The van der Waals surface area contributed by atoms with Crippen LogP contribution < -0.4 is 0 Å². The Bertz CT molecular complexity index is 1440. The summed E-state index contributed by atoms with van der Waals surface area (Å²) in [4.78, 5) is 6.48. The van der Waals surface area contributed by atoms with E-state index in [4.69, 9.17) is 11.6 Å². The van der Waals surface area contributed by atoms with Crippen molar-refractivity contribution in [3.05, 3.63) is 100 Å². The number of phenolic OH excluding ortho intramolecular Hbond substituents is 1. The van der Waals surface area contributed by atoms with E-state index >= 15 is 0 Å². The zero-order valence-corrected chi connectivity index (χ0v) is 20.2. The lowest BCUT2D eigenvalue weighted by Gasteiger charge is -2.37. The van der Waals surface area contributed by atoms with Gasteiger partial charge in [-0.3, -0.25) is 14.3 Å². The zero-order chi connectivity index (χ0) is 23.9. The minimum Gasteiger partial charge on any atom is -0.508 e. The average molecular weight is 488 g/mol. The molecule has 4 nitrogen and oxygen atoms in total. The molecule has 1 fully saturated rings. The van der Waals surface area contributed by atoms with Crippen LogP contribution in [0.1, 0.15) is 40.7 Å². The van der Waals surface area contributed by atoms with Gasteiger partial charge in [0.05, 0.1) is 11.7 Å². The minimum absolute atomic E-state index is 0.193. The van der Waals surface area contributed by atoms with Crippen molar-refractivity contribution in [1.82, 2.24) is 14.3 Å².